The number of imidazole rings is 1. The first-order chi connectivity index (χ1) is 12.8. The summed E-state index contributed by atoms with van der Waals surface area (Å²) in [5.74, 6) is -0.153. The van der Waals surface area contributed by atoms with Crippen molar-refractivity contribution in [3.8, 4) is 0 Å². The van der Waals surface area contributed by atoms with Crippen LogP contribution < -0.4 is 10.6 Å². The van der Waals surface area contributed by atoms with Crippen LogP contribution in [-0.2, 0) is 22.7 Å². The van der Waals surface area contributed by atoms with Crippen LogP contribution in [0.5, 0.6) is 0 Å². The summed E-state index contributed by atoms with van der Waals surface area (Å²) in [6.45, 7) is 8.17. The number of amides is 2. The van der Waals surface area contributed by atoms with Gasteiger partial charge in [0.15, 0.2) is 5.16 Å². The monoisotopic (exact) mass is 390 g/mol. The van der Waals surface area contributed by atoms with Crippen molar-refractivity contribution in [2.75, 3.05) is 17.6 Å². The molecule has 0 saturated carbocycles. The maximum atomic E-state index is 12.4. The SMILES string of the molecule is CCNC(=O)Cn1c(CO)cnc1SCC(=O)Nc1c(C)cc(C)cc1C. The molecule has 0 aliphatic heterocycles. The fraction of sp³-hybridized carbons (Fsp3) is 0.421. The maximum Gasteiger partial charge on any atom is 0.240 e. The fourth-order valence-corrected chi connectivity index (χ4v) is 3.68. The number of anilines is 1. The predicted octanol–water partition coefficient (Wildman–Crippen LogP) is 2.17. The number of likely N-dealkylation sites (N-methyl/N-ethyl adjacent to an activating group) is 1. The van der Waals surface area contributed by atoms with Crippen molar-refractivity contribution in [2.45, 2.75) is 46.0 Å². The van der Waals surface area contributed by atoms with Gasteiger partial charge in [0.1, 0.15) is 6.54 Å². The third-order valence-corrected chi connectivity index (χ3v) is 5.00. The molecular weight excluding hydrogens is 364 g/mol. The molecule has 0 radical (unpaired) electrons. The highest BCUT2D eigenvalue weighted by atomic mass is 32.2. The molecule has 8 heteroatoms. The van der Waals surface area contributed by atoms with E-state index in [9.17, 15) is 14.7 Å². The van der Waals surface area contributed by atoms with E-state index in [1.165, 1.54) is 18.0 Å². The van der Waals surface area contributed by atoms with Crippen LogP contribution in [0.4, 0.5) is 5.69 Å². The summed E-state index contributed by atoms with van der Waals surface area (Å²) < 4.78 is 1.63. The molecule has 27 heavy (non-hydrogen) atoms. The standard InChI is InChI=1S/C19H26N4O3S/c1-5-20-16(25)9-23-15(10-24)8-21-19(23)27-11-17(26)22-18-13(3)6-12(2)7-14(18)4/h6-8,24H,5,9-11H2,1-4H3,(H,20,25)(H,22,26). The minimum atomic E-state index is -0.221. The number of aromatic nitrogens is 2. The van der Waals surface area contributed by atoms with Gasteiger partial charge in [-0.15, -0.1) is 0 Å². The first kappa shape index (κ1) is 21.0. The molecule has 2 rings (SSSR count). The van der Waals surface area contributed by atoms with E-state index < -0.39 is 0 Å². The van der Waals surface area contributed by atoms with E-state index in [0.717, 1.165) is 22.4 Å². The number of nitrogens with one attached hydrogen (secondary N) is 2. The molecule has 3 N–H and O–H groups in total. The van der Waals surface area contributed by atoms with Gasteiger partial charge in [0.05, 0.1) is 24.3 Å². The van der Waals surface area contributed by atoms with Gasteiger partial charge >= 0.3 is 0 Å². The van der Waals surface area contributed by atoms with Crippen LogP contribution in [0.25, 0.3) is 0 Å². The van der Waals surface area contributed by atoms with Crippen LogP contribution in [0, 0.1) is 20.8 Å². The summed E-state index contributed by atoms with van der Waals surface area (Å²) in [6, 6.07) is 4.06. The van der Waals surface area contributed by atoms with Crippen LogP contribution in [0.1, 0.15) is 29.3 Å². The number of hydrogen-bond donors (Lipinski definition) is 3. The van der Waals surface area contributed by atoms with Crippen LogP contribution >= 0.6 is 11.8 Å². The number of hydrogen-bond acceptors (Lipinski definition) is 5. The predicted molar refractivity (Wildman–Crippen MR) is 107 cm³/mol. The molecular formula is C19H26N4O3S. The topological polar surface area (TPSA) is 96.2 Å². The Kier molecular flexibility index (Phi) is 7.44. The maximum absolute atomic E-state index is 12.4. The van der Waals surface area contributed by atoms with E-state index in [1.54, 1.807) is 4.57 Å². The van der Waals surface area contributed by atoms with E-state index in [-0.39, 0.29) is 30.7 Å². The number of carbonyl (C=O) groups is 2. The Morgan fingerprint density at radius 1 is 1.19 bits per heavy atom. The van der Waals surface area contributed by atoms with Crippen LogP contribution in [-0.4, -0.2) is 38.8 Å². The van der Waals surface area contributed by atoms with E-state index in [0.29, 0.717) is 17.4 Å². The van der Waals surface area contributed by atoms with Gasteiger partial charge in [0.2, 0.25) is 11.8 Å². The number of aryl methyl sites for hydroxylation is 3. The van der Waals surface area contributed by atoms with E-state index >= 15 is 0 Å². The van der Waals surface area contributed by atoms with Gasteiger partial charge in [0, 0.05) is 12.2 Å². The van der Waals surface area contributed by atoms with E-state index in [1.807, 2.05) is 39.8 Å². The molecule has 0 bridgehead atoms. The zero-order valence-corrected chi connectivity index (χ0v) is 16.9. The average Bonchev–Trinajstić information content (AvgIpc) is 2.98. The van der Waals surface area contributed by atoms with Gasteiger partial charge in [-0.25, -0.2) is 4.98 Å². The molecule has 0 saturated heterocycles. The van der Waals surface area contributed by atoms with Gasteiger partial charge < -0.3 is 20.3 Å². The highest BCUT2D eigenvalue weighted by Crippen LogP contribution is 2.23. The lowest BCUT2D eigenvalue weighted by molar-refractivity contribution is -0.121. The molecule has 0 atom stereocenters. The summed E-state index contributed by atoms with van der Waals surface area (Å²) in [7, 11) is 0. The molecule has 1 heterocycles. The molecule has 0 unspecified atom stereocenters. The number of thioether (sulfide) groups is 1. The van der Waals surface area contributed by atoms with Gasteiger partial charge in [-0.05, 0) is 38.8 Å². The number of aliphatic hydroxyl groups excluding tert-OH is 1. The molecule has 2 amide bonds. The third-order valence-electron chi connectivity index (χ3n) is 4.01. The molecule has 0 aliphatic carbocycles. The minimum Gasteiger partial charge on any atom is -0.390 e. The molecule has 2 aromatic rings. The number of aliphatic hydroxyl groups is 1. The second-order valence-electron chi connectivity index (χ2n) is 6.34. The Morgan fingerprint density at radius 3 is 2.44 bits per heavy atom. The van der Waals surface area contributed by atoms with E-state index in [4.69, 9.17) is 0 Å². The Balaban J connectivity index is 2.05. The largest absolute Gasteiger partial charge is 0.390 e. The minimum absolute atomic E-state index is 0.0594. The second kappa shape index (κ2) is 9.57. The lowest BCUT2D eigenvalue weighted by Gasteiger charge is -2.13. The molecule has 0 aliphatic rings. The van der Waals surface area contributed by atoms with Gasteiger partial charge in [-0.2, -0.15) is 0 Å². The molecule has 0 fully saturated rings. The van der Waals surface area contributed by atoms with Crippen molar-refractivity contribution in [2.24, 2.45) is 0 Å². The summed E-state index contributed by atoms with van der Waals surface area (Å²) in [5, 5.41) is 15.6. The second-order valence-corrected chi connectivity index (χ2v) is 7.28. The van der Waals surface area contributed by atoms with Crippen molar-refractivity contribution < 1.29 is 14.7 Å². The van der Waals surface area contributed by atoms with Crippen molar-refractivity contribution in [3.63, 3.8) is 0 Å². The van der Waals surface area contributed by atoms with Crippen molar-refractivity contribution >= 4 is 29.3 Å². The summed E-state index contributed by atoms with van der Waals surface area (Å²) in [6.07, 6.45) is 1.52. The summed E-state index contributed by atoms with van der Waals surface area (Å²) in [4.78, 5) is 28.5. The van der Waals surface area contributed by atoms with Crippen LogP contribution in [0.15, 0.2) is 23.5 Å². The van der Waals surface area contributed by atoms with Gasteiger partial charge in [-0.1, -0.05) is 29.5 Å². The molecule has 1 aromatic carbocycles. The smallest absolute Gasteiger partial charge is 0.240 e. The molecule has 7 nitrogen and oxygen atoms in total. The van der Waals surface area contributed by atoms with Crippen LogP contribution in [0.2, 0.25) is 0 Å². The summed E-state index contributed by atoms with van der Waals surface area (Å²) in [5.41, 5.74) is 4.56. The van der Waals surface area contributed by atoms with E-state index in [2.05, 4.69) is 15.6 Å². The number of nitrogens with zero attached hydrogens (tertiary/aromatic N) is 2. The lowest BCUT2D eigenvalue weighted by atomic mass is 10.1. The van der Waals surface area contributed by atoms with Crippen molar-refractivity contribution in [3.05, 3.63) is 40.7 Å². The quantitative estimate of drug-likeness (QED) is 0.600. The highest BCUT2D eigenvalue weighted by molar-refractivity contribution is 7.99. The van der Waals surface area contributed by atoms with Crippen molar-refractivity contribution in [1.82, 2.24) is 14.9 Å². The fourth-order valence-electron chi connectivity index (χ4n) is 2.88. The highest BCUT2D eigenvalue weighted by Gasteiger charge is 2.15. The first-order valence-electron chi connectivity index (χ1n) is 8.78. The molecule has 0 spiro atoms. The average molecular weight is 391 g/mol. The summed E-state index contributed by atoms with van der Waals surface area (Å²) >= 11 is 1.23. The molecule has 146 valence electrons. The number of carbonyl (C=O) groups excluding carboxylic acids is 2. The Bertz CT molecular complexity index is 809. The van der Waals surface area contributed by atoms with Crippen LogP contribution in [0.3, 0.4) is 0 Å². The zero-order valence-electron chi connectivity index (χ0n) is 16.1. The Labute approximate surface area is 163 Å². The Hall–Kier alpha value is -2.32. The lowest BCUT2D eigenvalue weighted by Crippen LogP contribution is -2.28. The number of benzene rings is 1. The Morgan fingerprint density at radius 2 is 1.85 bits per heavy atom. The van der Waals surface area contributed by atoms with Gasteiger partial charge in [0.25, 0.3) is 0 Å². The number of rotatable bonds is 8. The third kappa shape index (κ3) is 5.58. The molecule has 1 aromatic heterocycles. The van der Waals surface area contributed by atoms with Crippen molar-refractivity contribution in [1.29, 1.82) is 0 Å². The zero-order chi connectivity index (χ0) is 20.0. The van der Waals surface area contributed by atoms with Gasteiger partial charge in [-0.3, -0.25) is 9.59 Å². The first-order valence-corrected chi connectivity index (χ1v) is 9.76. The normalized spacial score (nSPS) is 10.7.